The van der Waals surface area contributed by atoms with Crippen molar-refractivity contribution in [2.75, 3.05) is 34.4 Å². The van der Waals surface area contributed by atoms with Crippen molar-refractivity contribution in [1.82, 2.24) is 4.90 Å². The van der Waals surface area contributed by atoms with Crippen molar-refractivity contribution in [2.24, 2.45) is 0 Å². The van der Waals surface area contributed by atoms with E-state index >= 15 is 0 Å². The van der Waals surface area contributed by atoms with Crippen LogP contribution in [0.2, 0.25) is 5.02 Å². The highest BCUT2D eigenvalue weighted by Gasteiger charge is 2.25. The van der Waals surface area contributed by atoms with Crippen LogP contribution in [0.25, 0.3) is 0 Å². The molecule has 2 N–H and O–H groups in total. The Labute approximate surface area is 191 Å². The standard InChI is InChI=1S/C19H22ClNO3.C4H4O4/c1-21-8-7-13-9-17(22-2)18(23-3)11-16(13)19(12-21)24-15-6-4-5-14(20)10-15;5-3(6)1-2-4(7)8/h4-6,9-11,19H,7-8,12H2,1-3H3;1-2H,(H,5,6)(H,7,8)/b;2-1-. The number of carbonyl (C=O) groups is 2. The van der Waals surface area contributed by atoms with E-state index in [1.54, 1.807) is 14.2 Å². The predicted octanol–water partition coefficient (Wildman–Crippen LogP) is 3.68. The van der Waals surface area contributed by atoms with Crippen LogP contribution in [0.5, 0.6) is 17.2 Å². The van der Waals surface area contributed by atoms with Gasteiger partial charge in [0.1, 0.15) is 11.9 Å². The molecule has 1 aliphatic rings. The van der Waals surface area contributed by atoms with E-state index in [9.17, 15) is 9.59 Å². The summed E-state index contributed by atoms with van der Waals surface area (Å²) in [5.41, 5.74) is 2.36. The largest absolute Gasteiger partial charge is 0.493 e. The number of carboxylic acid groups (broad SMARTS) is 2. The van der Waals surface area contributed by atoms with Crippen LogP contribution >= 0.6 is 11.6 Å². The van der Waals surface area contributed by atoms with E-state index in [2.05, 4.69) is 18.0 Å². The molecule has 9 heteroatoms. The highest BCUT2D eigenvalue weighted by atomic mass is 35.5. The summed E-state index contributed by atoms with van der Waals surface area (Å²) in [7, 11) is 5.42. The first-order valence-corrected chi connectivity index (χ1v) is 10.1. The van der Waals surface area contributed by atoms with Gasteiger partial charge in [-0.05, 0) is 49.4 Å². The van der Waals surface area contributed by atoms with Gasteiger partial charge in [-0.2, -0.15) is 0 Å². The van der Waals surface area contributed by atoms with E-state index in [0.29, 0.717) is 17.2 Å². The molecule has 1 unspecified atom stereocenters. The van der Waals surface area contributed by atoms with E-state index in [4.69, 9.17) is 36.0 Å². The zero-order chi connectivity index (χ0) is 23.7. The second kappa shape index (κ2) is 12.0. The molecule has 0 saturated heterocycles. The van der Waals surface area contributed by atoms with Gasteiger partial charge in [0, 0.05) is 35.8 Å². The van der Waals surface area contributed by atoms with Gasteiger partial charge < -0.3 is 29.3 Å². The highest BCUT2D eigenvalue weighted by Crippen LogP contribution is 2.37. The van der Waals surface area contributed by atoms with Crippen LogP contribution in [-0.4, -0.2) is 61.4 Å². The quantitative estimate of drug-likeness (QED) is 0.625. The Morgan fingerprint density at radius 1 is 1.06 bits per heavy atom. The summed E-state index contributed by atoms with van der Waals surface area (Å²) >= 11 is 6.08. The lowest BCUT2D eigenvalue weighted by atomic mass is 10.00. The van der Waals surface area contributed by atoms with Gasteiger partial charge >= 0.3 is 11.9 Å². The Hall–Kier alpha value is -3.23. The van der Waals surface area contributed by atoms with E-state index in [1.807, 2.05) is 30.3 Å². The first-order valence-electron chi connectivity index (χ1n) is 9.73. The van der Waals surface area contributed by atoms with Crippen molar-refractivity contribution in [1.29, 1.82) is 0 Å². The van der Waals surface area contributed by atoms with Gasteiger partial charge in [-0.3, -0.25) is 0 Å². The smallest absolute Gasteiger partial charge is 0.328 e. The fraction of sp³-hybridized carbons (Fsp3) is 0.304. The molecule has 0 bridgehead atoms. The molecule has 0 spiro atoms. The Morgan fingerprint density at radius 2 is 1.69 bits per heavy atom. The second-order valence-corrected chi connectivity index (χ2v) is 7.43. The summed E-state index contributed by atoms with van der Waals surface area (Å²) < 4.78 is 17.2. The third-order valence-electron chi connectivity index (χ3n) is 4.68. The van der Waals surface area contributed by atoms with Crippen molar-refractivity contribution in [3.05, 3.63) is 64.7 Å². The third kappa shape index (κ3) is 7.47. The highest BCUT2D eigenvalue weighted by molar-refractivity contribution is 6.30. The molecule has 0 fully saturated rings. The van der Waals surface area contributed by atoms with Crippen LogP contribution in [0.3, 0.4) is 0 Å². The number of aliphatic carboxylic acids is 2. The summed E-state index contributed by atoms with van der Waals surface area (Å²) in [4.78, 5) is 21.4. The number of fused-ring (bicyclic) bond motifs is 1. The van der Waals surface area contributed by atoms with Crippen molar-refractivity contribution in [2.45, 2.75) is 12.5 Å². The zero-order valence-electron chi connectivity index (χ0n) is 18.1. The monoisotopic (exact) mass is 463 g/mol. The van der Waals surface area contributed by atoms with Crippen LogP contribution < -0.4 is 14.2 Å². The summed E-state index contributed by atoms with van der Waals surface area (Å²) in [6, 6.07) is 11.6. The fourth-order valence-electron chi connectivity index (χ4n) is 3.18. The zero-order valence-corrected chi connectivity index (χ0v) is 18.8. The van der Waals surface area contributed by atoms with Gasteiger partial charge in [0.25, 0.3) is 0 Å². The van der Waals surface area contributed by atoms with Gasteiger partial charge in [-0.1, -0.05) is 17.7 Å². The summed E-state index contributed by atoms with van der Waals surface area (Å²) in [5, 5.41) is 16.3. The average Bonchev–Trinajstić information content (AvgIpc) is 2.90. The molecule has 0 radical (unpaired) electrons. The number of rotatable bonds is 6. The minimum Gasteiger partial charge on any atom is -0.493 e. The van der Waals surface area contributed by atoms with Crippen LogP contribution in [0.15, 0.2) is 48.6 Å². The number of nitrogens with zero attached hydrogens (tertiary/aromatic N) is 1. The minimum absolute atomic E-state index is 0.0919. The van der Waals surface area contributed by atoms with E-state index < -0.39 is 11.9 Å². The molecular formula is C23H26ClNO7. The van der Waals surface area contributed by atoms with E-state index in [0.717, 1.165) is 42.3 Å². The van der Waals surface area contributed by atoms with Crippen molar-refractivity contribution >= 4 is 23.5 Å². The number of methoxy groups -OCH3 is 2. The van der Waals surface area contributed by atoms with E-state index in [-0.39, 0.29) is 6.10 Å². The first-order chi connectivity index (χ1) is 15.2. The Bertz CT molecular complexity index is 961. The molecule has 3 rings (SSSR count). The Morgan fingerprint density at radius 3 is 2.25 bits per heavy atom. The lowest BCUT2D eigenvalue weighted by Gasteiger charge is -2.23. The number of ether oxygens (including phenoxy) is 3. The van der Waals surface area contributed by atoms with Gasteiger partial charge in [-0.25, -0.2) is 9.59 Å². The molecule has 0 amide bonds. The number of carboxylic acids is 2. The van der Waals surface area contributed by atoms with Crippen molar-refractivity contribution in [3.63, 3.8) is 0 Å². The minimum atomic E-state index is -1.26. The van der Waals surface area contributed by atoms with Crippen molar-refractivity contribution < 1.29 is 34.0 Å². The van der Waals surface area contributed by atoms with Crippen LogP contribution in [0, 0.1) is 0 Å². The normalized spacial score (nSPS) is 15.7. The Kier molecular flexibility index (Phi) is 9.37. The van der Waals surface area contributed by atoms with Crippen LogP contribution in [0.1, 0.15) is 17.2 Å². The number of hydrogen-bond acceptors (Lipinski definition) is 6. The van der Waals surface area contributed by atoms with Gasteiger partial charge in [0.05, 0.1) is 14.2 Å². The fourth-order valence-corrected chi connectivity index (χ4v) is 3.37. The van der Waals surface area contributed by atoms with E-state index in [1.165, 1.54) is 5.56 Å². The molecule has 8 nitrogen and oxygen atoms in total. The van der Waals surface area contributed by atoms with Gasteiger partial charge in [0.15, 0.2) is 11.5 Å². The molecule has 0 aromatic heterocycles. The molecule has 2 aromatic rings. The molecular weight excluding hydrogens is 438 g/mol. The maximum absolute atomic E-state index is 9.55. The van der Waals surface area contributed by atoms with Crippen molar-refractivity contribution in [3.8, 4) is 17.2 Å². The van der Waals surface area contributed by atoms with Gasteiger partial charge in [-0.15, -0.1) is 0 Å². The first kappa shape index (κ1) is 25.0. The third-order valence-corrected chi connectivity index (χ3v) is 4.91. The maximum atomic E-state index is 9.55. The Balaban J connectivity index is 0.000000390. The lowest BCUT2D eigenvalue weighted by Crippen LogP contribution is -2.26. The number of halogens is 1. The summed E-state index contributed by atoms with van der Waals surface area (Å²) in [6.07, 6.45) is 1.97. The SMILES string of the molecule is COc1cc2c(cc1OC)C(Oc1cccc(Cl)c1)CN(C)CC2.O=C(O)/C=C\C(=O)O. The molecule has 1 heterocycles. The van der Waals surface area contributed by atoms with Crippen LogP contribution in [0.4, 0.5) is 0 Å². The average molecular weight is 464 g/mol. The second-order valence-electron chi connectivity index (χ2n) is 6.99. The van der Waals surface area contributed by atoms with Gasteiger partial charge in [0.2, 0.25) is 0 Å². The maximum Gasteiger partial charge on any atom is 0.328 e. The number of hydrogen-bond donors (Lipinski definition) is 2. The molecule has 2 aromatic carbocycles. The molecule has 0 saturated carbocycles. The molecule has 32 heavy (non-hydrogen) atoms. The molecule has 0 aliphatic carbocycles. The lowest BCUT2D eigenvalue weighted by molar-refractivity contribution is -0.134. The predicted molar refractivity (Wildman–Crippen MR) is 120 cm³/mol. The summed E-state index contributed by atoms with van der Waals surface area (Å²) in [6.45, 7) is 1.77. The number of likely N-dealkylation sites (N-methyl/N-ethyl adjacent to an activating group) is 1. The topological polar surface area (TPSA) is 106 Å². The summed E-state index contributed by atoms with van der Waals surface area (Å²) in [5.74, 6) is -0.272. The number of benzene rings is 2. The van der Waals surface area contributed by atoms with Crippen LogP contribution in [-0.2, 0) is 16.0 Å². The molecule has 1 atom stereocenters. The molecule has 1 aliphatic heterocycles. The molecule has 172 valence electrons.